The van der Waals surface area contributed by atoms with Gasteiger partial charge in [0, 0.05) is 19.2 Å². The number of hydrogen-bond donors (Lipinski definition) is 2. The van der Waals surface area contributed by atoms with E-state index in [2.05, 4.69) is 53.6 Å². The SMILES string of the molecule is Cc1cccc(CNc2ccc(C3=CCC(CC(=O)O)CC3)cn2)c1. The Balaban J connectivity index is 1.57. The number of carboxylic acid groups (broad SMARTS) is 1. The maximum absolute atomic E-state index is 10.8. The number of allylic oxidation sites excluding steroid dienone is 2. The molecule has 1 heterocycles. The van der Waals surface area contributed by atoms with Gasteiger partial charge in [-0.05, 0) is 60.9 Å². The monoisotopic (exact) mass is 336 g/mol. The Hall–Kier alpha value is -2.62. The number of hydrogen-bond acceptors (Lipinski definition) is 3. The first-order valence-electron chi connectivity index (χ1n) is 8.77. The average molecular weight is 336 g/mol. The number of nitrogens with zero attached hydrogens (tertiary/aromatic N) is 1. The van der Waals surface area contributed by atoms with E-state index in [1.165, 1.54) is 16.7 Å². The van der Waals surface area contributed by atoms with Crippen LogP contribution in [0.1, 0.15) is 42.4 Å². The lowest BCUT2D eigenvalue weighted by molar-refractivity contribution is -0.138. The van der Waals surface area contributed by atoms with Crippen molar-refractivity contribution in [2.24, 2.45) is 5.92 Å². The van der Waals surface area contributed by atoms with Crippen molar-refractivity contribution in [1.82, 2.24) is 4.98 Å². The molecule has 1 unspecified atom stereocenters. The molecule has 1 aromatic heterocycles. The fourth-order valence-electron chi connectivity index (χ4n) is 3.29. The van der Waals surface area contributed by atoms with Crippen LogP contribution >= 0.6 is 0 Å². The maximum Gasteiger partial charge on any atom is 0.303 e. The average Bonchev–Trinajstić information content (AvgIpc) is 2.61. The van der Waals surface area contributed by atoms with Crippen molar-refractivity contribution in [3.8, 4) is 0 Å². The van der Waals surface area contributed by atoms with Gasteiger partial charge in [-0.3, -0.25) is 4.79 Å². The van der Waals surface area contributed by atoms with Crippen LogP contribution in [-0.2, 0) is 11.3 Å². The Labute approximate surface area is 148 Å². The van der Waals surface area contributed by atoms with Crippen LogP contribution in [0, 0.1) is 12.8 Å². The highest BCUT2D eigenvalue weighted by atomic mass is 16.4. The van der Waals surface area contributed by atoms with Crippen LogP contribution in [0.15, 0.2) is 48.7 Å². The van der Waals surface area contributed by atoms with Crippen LogP contribution in [-0.4, -0.2) is 16.1 Å². The van der Waals surface area contributed by atoms with E-state index in [0.717, 1.165) is 37.2 Å². The van der Waals surface area contributed by atoms with Crippen LogP contribution in [0.4, 0.5) is 5.82 Å². The highest BCUT2D eigenvalue weighted by Gasteiger charge is 2.18. The molecule has 0 aliphatic heterocycles. The first-order chi connectivity index (χ1) is 12.1. The highest BCUT2D eigenvalue weighted by molar-refractivity contribution is 5.69. The molecule has 0 radical (unpaired) electrons. The molecule has 1 aliphatic carbocycles. The van der Waals surface area contributed by atoms with Gasteiger partial charge in [0.15, 0.2) is 0 Å². The normalized spacial score (nSPS) is 17.0. The van der Waals surface area contributed by atoms with Gasteiger partial charge in [-0.2, -0.15) is 0 Å². The van der Waals surface area contributed by atoms with Gasteiger partial charge in [0.1, 0.15) is 5.82 Å². The van der Waals surface area contributed by atoms with Crippen LogP contribution in [0.25, 0.3) is 5.57 Å². The molecule has 130 valence electrons. The minimum atomic E-state index is -0.701. The summed E-state index contributed by atoms with van der Waals surface area (Å²) in [4.78, 5) is 15.3. The van der Waals surface area contributed by atoms with Gasteiger partial charge in [0.25, 0.3) is 0 Å². The summed E-state index contributed by atoms with van der Waals surface area (Å²) >= 11 is 0. The lowest BCUT2D eigenvalue weighted by Gasteiger charge is -2.20. The van der Waals surface area contributed by atoms with Crippen LogP contribution in [0.2, 0.25) is 0 Å². The number of carbonyl (C=O) groups is 1. The molecule has 0 spiro atoms. The first-order valence-corrected chi connectivity index (χ1v) is 8.77. The molecule has 0 fully saturated rings. The Kier molecular flexibility index (Phi) is 5.49. The van der Waals surface area contributed by atoms with Crippen molar-refractivity contribution >= 4 is 17.4 Å². The summed E-state index contributed by atoms with van der Waals surface area (Å²) in [5, 5.41) is 12.2. The molecule has 0 saturated heterocycles. The van der Waals surface area contributed by atoms with E-state index in [1.54, 1.807) is 0 Å². The largest absolute Gasteiger partial charge is 0.481 e. The fourth-order valence-corrected chi connectivity index (χ4v) is 3.29. The Bertz CT molecular complexity index is 766. The summed E-state index contributed by atoms with van der Waals surface area (Å²) in [5.74, 6) is 0.433. The second-order valence-electron chi connectivity index (χ2n) is 6.74. The zero-order valence-corrected chi connectivity index (χ0v) is 14.5. The minimum Gasteiger partial charge on any atom is -0.481 e. The van der Waals surface area contributed by atoms with Crippen molar-refractivity contribution in [2.75, 3.05) is 5.32 Å². The fraction of sp³-hybridized carbons (Fsp3) is 0.333. The van der Waals surface area contributed by atoms with E-state index < -0.39 is 5.97 Å². The number of aromatic nitrogens is 1. The van der Waals surface area contributed by atoms with Crippen LogP contribution in [0.3, 0.4) is 0 Å². The summed E-state index contributed by atoms with van der Waals surface area (Å²) in [6.07, 6.45) is 7.05. The molecule has 3 rings (SSSR count). The smallest absolute Gasteiger partial charge is 0.303 e. The molecule has 0 bridgehead atoms. The van der Waals surface area contributed by atoms with Crippen molar-refractivity contribution in [2.45, 2.75) is 39.2 Å². The molecule has 4 nitrogen and oxygen atoms in total. The number of anilines is 1. The topological polar surface area (TPSA) is 62.2 Å². The predicted molar refractivity (Wildman–Crippen MR) is 100 cm³/mol. The van der Waals surface area contributed by atoms with Crippen molar-refractivity contribution < 1.29 is 9.90 Å². The van der Waals surface area contributed by atoms with E-state index >= 15 is 0 Å². The zero-order valence-electron chi connectivity index (χ0n) is 14.5. The van der Waals surface area contributed by atoms with Crippen LogP contribution in [0.5, 0.6) is 0 Å². The molecule has 1 atom stereocenters. The summed E-state index contributed by atoms with van der Waals surface area (Å²) < 4.78 is 0. The molecule has 1 aromatic carbocycles. The zero-order chi connectivity index (χ0) is 17.6. The Morgan fingerprint density at radius 2 is 2.20 bits per heavy atom. The van der Waals surface area contributed by atoms with Gasteiger partial charge < -0.3 is 10.4 Å². The second-order valence-corrected chi connectivity index (χ2v) is 6.74. The van der Waals surface area contributed by atoms with Gasteiger partial charge in [0.2, 0.25) is 0 Å². The van der Waals surface area contributed by atoms with Gasteiger partial charge in [-0.15, -0.1) is 0 Å². The number of nitrogens with one attached hydrogen (secondary N) is 1. The van der Waals surface area contributed by atoms with E-state index in [-0.39, 0.29) is 12.3 Å². The number of aryl methyl sites for hydroxylation is 1. The first kappa shape index (κ1) is 17.2. The number of carboxylic acids is 1. The van der Waals surface area contributed by atoms with Gasteiger partial charge in [0.05, 0.1) is 0 Å². The van der Waals surface area contributed by atoms with Crippen LogP contribution < -0.4 is 5.32 Å². The molecular formula is C21H24N2O2. The number of benzene rings is 1. The van der Waals surface area contributed by atoms with Crippen molar-refractivity contribution in [3.63, 3.8) is 0 Å². The lowest BCUT2D eigenvalue weighted by Crippen LogP contribution is -2.10. The van der Waals surface area contributed by atoms with E-state index in [9.17, 15) is 4.79 Å². The van der Waals surface area contributed by atoms with Gasteiger partial charge in [-0.1, -0.05) is 35.9 Å². The number of pyridine rings is 1. The maximum atomic E-state index is 10.8. The highest BCUT2D eigenvalue weighted by Crippen LogP contribution is 2.31. The van der Waals surface area contributed by atoms with E-state index in [1.807, 2.05) is 12.3 Å². The van der Waals surface area contributed by atoms with Gasteiger partial charge >= 0.3 is 5.97 Å². The molecule has 0 amide bonds. The van der Waals surface area contributed by atoms with Gasteiger partial charge in [-0.25, -0.2) is 4.98 Å². The van der Waals surface area contributed by atoms with Crippen molar-refractivity contribution in [3.05, 3.63) is 65.4 Å². The molecule has 1 aliphatic rings. The Morgan fingerprint density at radius 3 is 2.84 bits per heavy atom. The number of aliphatic carboxylic acids is 1. The van der Waals surface area contributed by atoms with E-state index in [0.29, 0.717) is 0 Å². The summed E-state index contributed by atoms with van der Waals surface area (Å²) in [6, 6.07) is 12.5. The van der Waals surface area contributed by atoms with Crippen molar-refractivity contribution in [1.29, 1.82) is 0 Å². The Morgan fingerprint density at radius 1 is 1.32 bits per heavy atom. The molecular weight excluding hydrogens is 312 g/mol. The molecule has 25 heavy (non-hydrogen) atoms. The summed E-state index contributed by atoms with van der Waals surface area (Å²) in [6.45, 7) is 2.85. The second kappa shape index (κ2) is 7.97. The third-order valence-electron chi connectivity index (χ3n) is 4.67. The molecule has 2 N–H and O–H groups in total. The summed E-state index contributed by atoms with van der Waals surface area (Å²) in [5.41, 5.74) is 4.91. The minimum absolute atomic E-state index is 0.268. The molecule has 2 aromatic rings. The quantitative estimate of drug-likeness (QED) is 0.805. The molecule has 0 saturated carbocycles. The molecule has 4 heteroatoms. The standard InChI is InChI=1S/C21H24N2O2/c1-15-3-2-4-17(11-15)13-22-20-10-9-19(14-23-20)18-7-5-16(6-8-18)12-21(24)25/h2-4,7,9-11,14,16H,5-6,8,12-13H2,1H3,(H,22,23)(H,24,25). The summed E-state index contributed by atoms with van der Waals surface area (Å²) in [7, 11) is 0. The third kappa shape index (κ3) is 4.92. The lowest BCUT2D eigenvalue weighted by atomic mass is 9.85. The predicted octanol–water partition coefficient (Wildman–Crippen LogP) is 4.66. The number of rotatable bonds is 6. The third-order valence-corrected chi connectivity index (χ3v) is 4.67. The van der Waals surface area contributed by atoms with E-state index in [4.69, 9.17) is 5.11 Å².